The van der Waals surface area contributed by atoms with Gasteiger partial charge in [-0.05, 0) is 48.4 Å². The summed E-state index contributed by atoms with van der Waals surface area (Å²) < 4.78 is 4.90. The Morgan fingerprint density at radius 3 is 1.94 bits per heavy atom. The Balaban J connectivity index is 1.78. The normalized spacial score (nSPS) is 11.2. The van der Waals surface area contributed by atoms with Gasteiger partial charge in [-0.15, -0.1) is 6.42 Å². The lowest BCUT2D eigenvalue weighted by molar-refractivity contribution is -0.138. The van der Waals surface area contributed by atoms with Crippen molar-refractivity contribution in [1.82, 2.24) is 0 Å². The van der Waals surface area contributed by atoms with Crippen LogP contribution in [0.1, 0.15) is 28.3 Å². The lowest BCUT2D eigenvalue weighted by Crippen LogP contribution is -2.23. The molecule has 0 saturated heterocycles. The molecule has 1 N–H and O–H groups in total. The predicted octanol–water partition coefficient (Wildman–Crippen LogP) is 4.87. The Hall–Kier alpha value is -4.04. The van der Waals surface area contributed by atoms with Crippen LogP contribution in [0.25, 0.3) is 0 Å². The summed E-state index contributed by atoms with van der Waals surface area (Å²) in [7, 11) is 0. The molecule has 0 aliphatic heterocycles. The number of carbonyl (C=O) groups excluding carboxylic acids is 1. The van der Waals surface area contributed by atoms with Crippen LogP contribution in [-0.4, -0.2) is 30.2 Å². The molecule has 1 unspecified atom stereocenters. The van der Waals surface area contributed by atoms with Gasteiger partial charge in [-0.3, -0.25) is 4.79 Å². The number of benzene rings is 3. The van der Waals surface area contributed by atoms with E-state index in [1.165, 1.54) is 0 Å². The molecule has 0 saturated carbocycles. The van der Waals surface area contributed by atoms with Crippen molar-refractivity contribution in [1.29, 1.82) is 0 Å². The van der Waals surface area contributed by atoms with E-state index < -0.39 is 17.9 Å². The van der Waals surface area contributed by atoms with Crippen LogP contribution in [0.4, 0.5) is 11.4 Å². The fourth-order valence-electron chi connectivity index (χ4n) is 3.36. The van der Waals surface area contributed by atoms with Crippen LogP contribution in [0.2, 0.25) is 0 Å². The summed E-state index contributed by atoms with van der Waals surface area (Å²) in [5, 5.41) is 9.84. The van der Waals surface area contributed by atoms with E-state index in [1.54, 1.807) is 24.3 Å². The molecule has 0 aromatic heterocycles. The highest BCUT2D eigenvalue weighted by atomic mass is 16.5. The SMILES string of the molecule is C#CCOC(=O)c1ccc(C(CCN(c2ccccc2)c2ccccc2)C(=O)O)cc1. The smallest absolute Gasteiger partial charge is 0.339 e. The molecule has 0 bridgehead atoms. The number of nitrogens with zero attached hydrogens (tertiary/aromatic N) is 1. The van der Waals surface area contributed by atoms with Gasteiger partial charge in [-0.1, -0.05) is 54.5 Å². The number of carboxylic acids is 1. The monoisotopic (exact) mass is 413 g/mol. The van der Waals surface area contributed by atoms with E-state index in [-0.39, 0.29) is 6.61 Å². The van der Waals surface area contributed by atoms with Crippen molar-refractivity contribution < 1.29 is 19.4 Å². The largest absolute Gasteiger partial charge is 0.481 e. The van der Waals surface area contributed by atoms with E-state index in [2.05, 4.69) is 10.8 Å². The number of carbonyl (C=O) groups is 2. The van der Waals surface area contributed by atoms with E-state index in [4.69, 9.17) is 11.2 Å². The zero-order chi connectivity index (χ0) is 22.1. The maximum Gasteiger partial charge on any atom is 0.339 e. The molecule has 156 valence electrons. The predicted molar refractivity (Wildman–Crippen MR) is 120 cm³/mol. The van der Waals surface area contributed by atoms with E-state index in [0.717, 1.165) is 11.4 Å². The Kier molecular flexibility index (Phi) is 7.45. The molecule has 3 aromatic rings. The molecule has 1 atom stereocenters. The molecule has 5 heteroatoms. The summed E-state index contributed by atoms with van der Waals surface area (Å²) in [6, 6.07) is 26.2. The molecule has 0 aliphatic rings. The highest BCUT2D eigenvalue weighted by molar-refractivity contribution is 5.89. The van der Waals surface area contributed by atoms with Gasteiger partial charge in [-0.25, -0.2) is 4.79 Å². The Bertz CT molecular complexity index is 1000. The zero-order valence-corrected chi connectivity index (χ0v) is 17.0. The molecule has 31 heavy (non-hydrogen) atoms. The lowest BCUT2D eigenvalue weighted by atomic mass is 9.94. The van der Waals surface area contributed by atoms with Gasteiger partial charge in [0.2, 0.25) is 0 Å². The van der Waals surface area contributed by atoms with Crippen molar-refractivity contribution in [2.24, 2.45) is 0 Å². The first-order valence-electron chi connectivity index (χ1n) is 9.91. The number of ether oxygens (including phenoxy) is 1. The molecule has 0 heterocycles. The highest BCUT2D eigenvalue weighted by Gasteiger charge is 2.22. The van der Waals surface area contributed by atoms with Crippen LogP contribution >= 0.6 is 0 Å². The molecule has 0 amide bonds. The fraction of sp³-hybridized carbons (Fsp3) is 0.154. The van der Waals surface area contributed by atoms with Crippen molar-refractivity contribution in [3.63, 3.8) is 0 Å². The molecule has 3 aromatic carbocycles. The molecule has 3 rings (SSSR count). The van der Waals surface area contributed by atoms with Crippen molar-refractivity contribution in [2.75, 3.05) is 18.1 Å². The fourth-order valence-corrected chi connectivity index (χ4v) is 3.36. The Morgan fingerprint density at radius 1 is 0.903 bits per heavy atom. The van der Waals surface area contributed by atoms with E-state index >= 15 is 0 Å². The first kappa shape index (κ1) is 21.7. The van der Waals surface area contributed by atoms with Crippen LogP contribution < -0.4 is 4.90 Å². The second-order valence-electron chi connectivity index (χ2n) is 6.90. The summed E-state index contributed by atoms with van der Waals surface area (Å²) in [5.41, 5.74) is 2.94. The van der Waals surface area contributed by atoms with Crippen molar-refractivity contribution in [2.45, 2.75) is 12.3 Å². The third-order valence-corrected chi connectivity index (χ3v) is 4.91. The van der Waals surface area contributed by atoms with E-state index in [0.29, 0.717) is 24.1 Å². The molecule has 5 nitrogen and oxygen atoms in total. The van der Waals surface area contributed by atoms with Gasteiger partial charge < -0.3 is 14.7 Å². The number of aliphatic carboxylic acids is 1. The summed E-state index contributed by atoms with van der Waals surface area (Å²) in [5.74, 6) is 0.0798. The van der Waals surface area contributed by atoms with Crippen molar-refractivity contribution in [3.8, 4) is 12.3 Å². The van der Waals surface area contributed by atoms with E-state index in [1.807, 2.05) is 60.7 Å². The first-order chi connectivity index (χ1) is 15.1. The van der Waals surface area contributed by atoms with Gasteiger partial charge in [0, 0.05) is 17.9 Å². The summed E-state index contributed by atoms with van der Waals surface area (Å²) >= 11 is 0. The molecule has 0 aliphatic carbocycles. The minimum atomic E-state index is -0.913. The third kappa shape index (κ3) is 5.74. The summed E-state index contributed by atoms with van der Waals surface area (Å²) in [4.78, 5) is 26.0. The van der Waals surface area contributed by atoms with Gasteiger partial charge in [0.1, 0.15) is 0 Å². The maximum atomic E-state index is 12.0. The number of hydrogen-bond acceptors (Lipinski definition) is 4. The molecular weight excluding hydrogens is 390 g/mol. The Morgan fingerprint density at radius 2 is 1.45 bits per heavy atom. The molecule has 0 fully saturated rings. The van der Waals surface area contributed by atoms with E-state index in [9.17, 15) is 14.7 Å². The number of anilines is 2. The first-order valence-corrected chi connectivity index (χ1v) is 9.91. The van der Waals surface area contributed by atoms with Crippen molar-refractivity contribution in [3.05, 3.63) is 96.1 Å². The number of terminal acetylenes is 1. The topological polar surface area (TPSA) is 66.8 Å². The van der Waals surface area contributed by atoms with Crippen LogP contribution in [0.15, 0.2) is 84.9 Å². The van der Waals surface area contributed by atoms with Crippen LogP contribution in [0.5, 0.6) is 0 Å². The minimum Gasteiger partial charge on any atom is -0.481 e. The maximum absolute atomic E-state index is 12.0. The van der Waals surface area contributed by atoms with Gasteiger partial charge in [0.05, 0.1) is 11.5 Å². The van der Waals surface area contributed by atoms with Crippen LogP contribution in [0.3, 0.4) is 0 Å². The second kappa shape index (κ2) is 10.7. The van der Waals surface area contributed by atoms with Crippen LogP contribution in [0, 0.1) is 12.3 Å². The number of carboxylic acid groups (broad SMARTS) is 1. The van der Waals surface area contributed by atoms with Gasteiger partial charge in [-0.2, -0.15) is 0 Å². The summed E-state index contributed by atoms with van der Waals surface area (Å²) in [6.07, 6.45) is 5.49. The lowest BCUT2D eigenvalue weighted by Gasteiger charge is -2.26. The quantitative estimate of drug-likeness (QED) is 0.400. The molecule has 0 spiro atoms. The van der Waals surface area contributed by atoms with Gasteiger partial charge in [0.15, 0.2) is 6.61 Å². The second-order valence-corrected chi connectivity index (χ2v) is 6.90. The number of para-hydroxylation sites is 2. The molecular formula is C26H23NO4. The zero-order valence-electron chi connectivity index (χ0n) is 17.0. The summed E-state index contributed by atoms with van der Waals surface area (Å²) in [6.45, 7) is 0.407. The Labute approximate surface area is 181 Å². The standard InChI is InChI=1S/C26H23NO4/c1-2-19-31-26(30)21-15-13-20(14-16-21)24(25(28)29)17-18-27(22-9-5-3-6-10-22)23-11-7-4-8-12-23/h1,3-16,24H,17-19H2,(H,28,29). The van der Waals surface area contributed by atoms with Crippen molar-refractivity contribution >= 4 is 23.3 Å². The average molecular weight is 413 g/mol. The average Bonchev–Trinajstić information content (AvgIpc) is 2.81. The number of hydrogen-bond donors (Lipinski definition) is 1. The third-order valence-electron chi connectivity index (χ3n) is 4.91. The van der Waals surface area contributed by atoms with Crippen LogP contribution in [-0.2, 0) is 9.53 Å². The van der Waals surface area contributed by atoms with Gasteiger partial charge in [0.25, 0.3) is 0 Å². The highest BCUT2D eigenvalue weighted by Crippen LogP contribution is 2.28. The molecule has 0 radical (unpaired) electrons. The number of rotatable bonds is 9. The number of esters is 1. The minimum absolute atomic E-state index is 0.104. The van der Waals surface area contributed by atoms with Gasteiger partial charge >= 0.3 is 11.9 Å².